The molecule has 78 heavy (non-hydrogen) atoms. The molecule has 4 aromatic carbocycles. The van der Waals surface area contributed by atoms with Gasteiger partial charge in [0.25, 0.3) is 0 Å². The third-order valence-corrected chi connectivity index (χ3v) is 12.5. The fourth-order valence-electron chi connectivity index (χ4n) is 8.88. The van der Waals surface area contributed by atoms with Gasteiger partial charge in [-0.3, -0.25) is 38.4 Å². The highest BCUT2D eigenvalue weighted by molar-refractivity contribution is 5.97. The number of carbonyl (C=O) groups excluding carboxylic acids is 7. The van der Waals surface area contributed by atoms with Crippen LogP contribution in [0.15, 0.2) is 97.1 Å². The molecule has 0 aliphatic carbocycles. The zero-order chi connectivity index (χ0) is 57.2. The van der Waals surface area contributed by atoms with Crippen molar-refractivity contribution in [1.82, 2.24) is 0 Å². The molecular weight excluding hydrogens is 993 g/mol. The van der Waals surface area contributed by atoms with Crippen molar-refractivity contribution in [1.29, 1.82) is 0 Å². The summed E-state index contributed by atoms with van der Waals surface area (Å²) in [5, 5.41) is 9.43. The maximum atomic E-state index is 14.0. The first kappa shape index (κ1) is 61.5. The minimum Gasteiger partial charge on any atom is -0.481 e. The van der Waals surface area contributed by atoms with E-state index >= 15 is 0 Å². The van der Waals surface area contributed by atoms with Crippen molar-refractivity contribution in [3.05, 3.63) is 119 Å². The first-order chi connectivity index (χ1) is 36.7. The minimum absolute atomic E-state index is 0.0674. The molecule has 7 heterocycles. The van der Waals surface area contributed by atoms with Crippen LogP contribution in [0.2, 0.25) is 0 Å². The highest BCUT2D eigenvalue weighted by Crippen LogP contribution is 2.27. The number of esters is 3. The van der Waals surface area contributed by atoms with Crippen LogP contribution in [0.5, 0.6) is 0 Å². The van der Waals surface area contributed by atoms with Crippen LogP contribution in [-0.4, -0.2) is 95.6 Å². The van der Waals surface area contributed by atoms with Gasteiger partial charge in [0.1, 0.15) is 16.8 Å². The number of benzene rings is 4. The van der Waals surface area contributed by atoms with Crippen molar-refractivity contribution < 1.29 is 57.7 Å². The number of rotatable bonds is 12. The second-order valence-electron chi connectivity index (χ2n) is 22.8. The second kappa shape index (κ2) is 28.3. The number of carboxylic acid groups (broad SMARTS) is 1. The molecule has 0 saturated heterocycles. The molecule has 0 spiro atoms. The lowest BCUT2D eigenvalue weighted by Crippen LogP contribution is -2.35. The Morgan fingerprint density at radius 3 is 0.744 bits per heavy atom. The van der Waals surface area contributed by atoms with Crippen molar-refractivity contribution in [3.8, 4) is 0 Å². The van der Waals surface area contributed by atoms with Crippen LogP contribution < -0.4 is 19.6 Å². The zero-order valence-electron chi connectivity index (χ0n) is 47.2. The highest BCUT2D eigenvalue weighted by atomic mass is 16.6. The molecule has 7 aliphatic rings. The summed E-state index contributed by atoms with van der Waals surface area (Å²) >= 11 is 0. The Balaban J connectivity index is 1.47. The summed E-state index contributed by atoms with van der Waals surface area (Å²) in [5.74, 6) is -3.61. The predicted octanol–water partition coefficient (Wildman–Crippen LogP) is 10.7. The summed E-state index contributed by atoms with van der Waals surface area (Å²) in [7, 11) is 0. The van der Waals surface area contributed by atoms with E-state index in [0.717, 1.165) is 22.3 Å². The van der Waals surface area contributed by atoms with Gasteiger partial charge in [-0.05, 0) is 172 Å². The summed E-state index contributed by atoms with van der Waals surface area (Å²) in [4.78, 5) is 112. The Morgan fingerprint density at radius 1 is 0.346 bits per heavy atom. The van der Waals surface area contributed by atoms with Gasteiger partial charge in [-0.1, -0.05) is 48.5 Å². The highest BCUT2D eigenvalue weighted by Gasteiger charge is 2.26. The predicted molar refractivity (Wildman–Crippen MR) is 301 cm³/mol. The number of nitrogens with zero attached hydrogens (tertiary/aromatic N) is 4. The Bertz CT molecular complexity index is 2680. The Morgan fingerprint density at radius 2 is 0.551 bits per heavy atom. The third kappa shape index (κ3) is 21.2. The molecule has 0 unspecified atom stereocenters. The molecule has 0 atom stereocenters. The van der Waals surface area contributed by atoms with Crippen molar-refractivity contribution >= 4 is 70.3 Å². The maximum absolute atomic E-state index is 14.0. The van der Waals surface area contributed by atoms with E-state index in [4.69, 9.17) is 14.2 Å². The van der Waals surface area contributed by atoms with E-state index in [9.17, 15) is 43.5 Å². The quantitative estimate of drug-likeness (QED) is 0.104. The standard InChI is InChI=1S/C62H80N4O12/c1-60(2,3)76-57(73)35-31-53(68)64-39-11-10-38-63(52(67)30-34-56(71)72)48-22-14-44(15-23-48)42-45-16-26-50(27-17-45)65(54(69)32-36-58(74)77-61(4,5)6)40-12-13-41-66(55(70)33-37-59(75)78-62(7,8)9)51-28-20-47(21-29-51)43-46-18-24-49(64)25-19-46/h14-29H,10-13,30-43H2,1-9H3,(H,71,72). The van der Waals surface area contributed by atoms with Gasteiger partial charge < -0.3 is 38.9 Å². The first-order valence-electron chi connectivity index (χ1n) is 27.2. The number of carbonyl (C=O) groups is 8. The number of carboxylic acids is 1. The SMILES string of the molecule is CC(C)(C)OC(=O)CCC(=O)N1CCCCN(C(=O)CCC(=O)O)c2ccc(cc2)Cc2ccc(cc2)N(C(=O)CCC(=O)OC(C)(C)C)CCCCN(C(=O)CCC(=O)OC(C)(C)C)c2ccc(cc2)Cc2ccc1cc2. The molecule has 16 heteroatoms. The van der Waals surface area contributed by atoms with Crippen molar-refractivity contribution in [3.63, 3.8) is 0 Å². The fraction of sp³-hybridized carbons (Fsp3) is 0.484. The average molecular weight is 1070 g/mol. The minimum atomic E-state index is -1.08. The van der Waals surface area contributed by atoms with Crippen LogP contribution in [0.4, 0.5) is 22.7 Å². The van der Waals surface area contributed by atoms with E-state index < -0.39 is 40.7 Å². The largest absolute Gasteiger partial charge is 0.481 e. The van der Waals surface area contributed by atoms with Gasteiger partial charge in [0.2, 0.25) is 23.6 Å². The molecule has 0 saturated carbocycles. The van der Waals surface area contributed by atoms with Gasteiger partial charge in [0.05, 0.1) is 25.7 Å². The van der Waals surface area contributed by atoms with Gasteiger partial charge in [0.15, 0.2) is 0 Å². The molecule has 1 N–H and O–H groups in total. The van der Waals surface area contributed by atoms with Crippen molar-refractivity contribution in [2.45, 2.75) is 169 Å². The molecule has 16 nitrogen and oxygen atoms in total. The first-order valence-corrected chi connectivity index (χ1v) is 27.2. The number of ether oxygens (including phenoxy) is 3. The smallest absolute Gasteiger partial charge is 0.306 e. The molecule has 4 amide bonds. The van der Waals surface area contributed by atoms with E-state index in [2.05, 4.69) is 0 Å². The number of hydrogen-bond acceptors (Lipinski definition) is 11. The van der Waals surface area contributed by atoms with Crippen LogP contribution in [0.1, 0.15) is 162 Å². The zero-order valence-corrected chi connectivity index (χ0v) is 47.2. The lowest BCUT2D eigenvalue weighted by Gasteiger charge is -2.26. The Labute approximate surface area is 460 Å². The molecule has 4 aromatic rings. The van der Waals surface area contributed by atoms with Crippen LogP contribution in [-0.2, 0) is 65.4 Å². The molecule has 420 valence electrons. The van der Waals surface area contributed by atoms with Crippen LogP contribution in [0.25, 0.3) is 0 Å². The molecule has 8 bridgehead atoms. The number of aliphatic carboxylic acids is 1. The normalized spacial score (nSPS) is 14.2. The summed E-state index contributed by atoms with van der Waals surface area (Å²) in [6.45, 7) is 17.1. The van der Waals surface area contributed by atoms with Gasteiger partial charge in [-0.15, -0.1) is 0 Å². The summed E-state index contributed by atoms with van der Waals surface area (Å²) in [6.07, 6.45) is 2.01. The van der Waals surface area contributed by atoms with Crippen LogP contribution in [0.3, 0.4) is 0 Å². The molecular formula is C62H80N4O12. The molecule has 0 fully saturated rings. The topological polar surface area (TPSA) is 197 Å². The van der Waals surface area contributed by atoms with Gasteiger partial charge in [0, 0.05) is 74.6 Å². The van der Waals surface area contributed by atoms with Gasteiger partial charge in [-0.25, -0.2) is 0 Å². The monoisotopic (exact) mass is 1070 g/mol. The summed E-state index contributed by atoms with van der Waals surface area (Å²) < 4.78 is 16.5. The lowest BCUT2D eigenvalue weighted by atomic mass is 10.0. The molecule has 7 aliphatic heterocycles. The molecule has 0 radical (unpaired) electrons. The lowest BCUT2D eigenvalue weighted by molar-refractivity contribution is -0.156. The van der Waals surface area contributed by atoms with E-state index in [-0.39, 0.29) is 88.1 Å². The van der Waals surface area contributed by atoms with E-state index in [1.807, 2.05) is 97.1 Å². The third-order valence-electron chi connectivity index (χ3n) is 12.5. The number of anilines is 4. The molecule has 11 rings (SSSR count). The van der Waals surface area contributed by atoms with E-state index in [1.165, 1.54) is 0 Å². The second-order valence-corrected chi connectivity index (χ2v) is 22.8. The van der Waals surface area contributed by atoms with Crippen LogP contribution in [0, 0.1) is 0 Å². The van der Waals surface area contributed by atoms with Crippen molar-refractivity contribution in [2.24, 2.45) is 0 Å². The summed E-state index contributed by atoms with van der Waals surface area (Å²) in [6, 6.07) is 30.4. The average Bonchev–Trinajstić information content (AvgIpc) is 3.37. The van der Waals surface area contributed by atoms with Crippen molar-refractivity contribution in [2.75, 3.05) is 45.8 Å². The Kier molecular flexibility index (Phi) is 22.3. The van der Waals surface area contributed by atoms with E-state index in [0.29, 0.717) is 74.4 Å². The van der Waals surface area contributed by atoms with E-state index in [1.54, 1.807) is 81.9 Å². The fourth-order valence-corrected chi connectivity index (χ4v) is 8.88. The maximum Gasteiger partial charge on any atom is 0.306 e. The van der Waals surface area contributed by atoms with Crippen LogP contribution >= 0.6 is 0 Å². The Hall–Kier alpha value is -7.36. The number of hydrogen-bond donors (Lipinski definition) is 1. The molecule has 0 aromatic heterocycles. The van der Waals surface area contributed by atoms with Gasteiger partial charge in [-0.2, -0.15) is 0 Å². The van der Waals surface area contributed by atoms with Gasteiger partial charge >= 0.3 is 23.9 Å². The summed E-state index contributed by atoms with van der Waals surface area (Å²) in [5.41, 5.74) is 4.23. The number of amides is 4.